The van der Waals surface area contributed by atoms with Gasteiger partial charge in [0.1, 0.15) is 23.3 Å². The van der Waals surface area contributed by atoms with E-state index in [0.29, 0.717) is 27.9 Å². The summed E-state index contributed by atoms with van der Waals surface area (Å²) in [6.07, 6.45) is 3.43. The van der Waals surface area contributed by atoms with Crippen LogP contribution in [0.5, 0.6) is 11.5 Å². The SMILES string of the molecule is C=Cc1cc(C#N)nc(-c2ccc(Oc3ccc(Cl)c4c3cnn4C)cc2)c1. The summed E-state index contributed by atoms with van der Waals surface area (Å²) in [6, 6.07) is 16.8. The van der Waals surface area contributed by atoms with Crippen molar-refractivity contribution in [2.24, 2.45) is 7.05 Å². The number of fused-ring (bicyclic) bond motifs is 1. The fourth-order valence-electron chi connectivity index (χ4n) is 3.00. The van der Waals surface area contributed by atoms with Gasteiger partial charge in [0.15, 0.2) is 0 Å². The second-order valence-electron chi connectivity index (χ2n) is 6.19. The Hall–Kier alpha value is -3.62. The van der Waals surface area contributed by atoms with E-state index in [4.69, 9.17) is 21.6 Å². The molecule has 4 rings (SSSR count). The highest BCUT2D eigenvalue weighted by Gasteiger charge is 2.11. The van der Waals surface area contributed by atoms with Gasteiger partial charge >= 0.3 is 0 Å². The lowest BCUT2D eigenvalue weighted by molar-refractivity contribution is 0.488. The number of pyridine rings is 1. The van der Waals surface area contributed by atoms with Crippen LogP contribution >= 0.6 is 11.6 Å². The number of halogens is 1. The van der Waals surface area contributed by atoms with Crippen molar-refractivity contribution in [1.29, 1.82) is 5.26 Å². The second kappa shape index (κ2) is 7.18. The van der Waals surface area contributed by atoms with E-state index >= 15 is 0 Å². The Kier molecular flexibility index (Phi) is 4.56. The van der Waals surface area contributed by atoms with Gasteiger partial charge in [-0.25, -0.2) is 4.98 Å². The molecule has 2 heterocycles. The average Bonchev–Trinajstić information content (AvgIpc) is 3.13. The zero-order valence-electron chi connectivity index (χ0n) is 15.1. The van der Waals surface area contributed by atoms with Crippen LogP contribution in [0.1, 0.15) is 11.3 Å². The Labute approximate surface area is 167 Å². The van der Waals surface area contributed by atoms with Crippen molar-refractivity contribution >= 4 is 28.6 Å². The van der Waals surface area contributed by atoms with Crippen LogP contribution in [-0.4, -0.2) is 14.8 Å². The molecule has 0 spiro atoms. The summed E-state index contributed by atoms with van der Waals surface area (Å²) in [6.45, 7) is 3.76. The molecular formula is C22H15ClN4O. The van der Waals surface area contributed by atoms with Crippen LogP contribution in [-0.2, 0) is 7.05 Å². The maximum atomic E-state index is 9.16. The normalized spacial score (nSPS) is 10.6. The Morgan fingerprint density at radius 2 is 1.96 bits per heavy atom. The highest BCUT2D eigenvalue weighted by Crippen LogP contribution is 2.34. The van der Waals surface area contributed by atoms with Gasteiger partial charge in [-0.15, -0.1) is 0 Å². The number of hydrogen-bond donors (Lipinski definition) is 0. The maximum absolute atomic E-state index is 9.16. The predicted octanol–water partition coefficient (Wildman–Crippen LogP) is 5.60. The Morgan fingerprint density at radius 3 is 2.68 bits per heavy atom. The number of ether oxygens (including phenoxy) is 1. The van der Waals surface area contributed by atoms with Gasteiger partial charge in [0.2, 0.25) is 0 Å². The molecule has 0 aliphatic rings. The van der Waals surface area contributed by atoms with Gasteiger partial charge in [-0.3, -0.25) is 4.68 Å². The van der Waals surface area contributed by atoms with Crippen molar-refractivity contribution in [3.63, 3.8) is 0 Å². The zero-order valence-corrected chi connectivity index (χ0v) is 15.8. The van der Waals surface area contributed by atoms with E-state index in [1.807, 2.05) is 43.4 Å². The maximum Gasteiger partial charge on any atom is 0.141 e. The van der Waals surface area contributed by atoms with Gasteiger partial charge in [0.05, 0.1) is 27.8 Å². The van der Waals surface area contributed by atoms with Crippen molar-refractivity contribution in [2.45, 2.75) is 0 Å². The van der Waals surface area contributed by atoms with Crippen LogP contribution < -0.4 is 4.74 Å². The summed E-state index contributed by atoms with van der Waals surface area (Å²) < 4.78 is 7.76. The van der Waals surface area contributed by atoms with Crippen LogP contribution in [0.3, 0.4) is 0 Å². The van der Waals surface area contributed by atoms with Crippen LogP contribution in [0, 0.1) is 11.3 Å². The van der Waals surface area contributed by atoms with Gasteiger partial charge in [-0.2, -0.15) is 10.4 Å². The lowest BCUT2D eigenvalue weighted by Gasteiger charge is -2.09. The number of rotatable bonds is 4. The third-order valence-corrected chi connectivity index (χ3v) is 4.69. The summed E-state index contributed by atoms with van der Waals surface area (Å²) in [5.74, 6) is 1.36. The molecule has 0 bridgehead atoms. The summed E-state index contributed by atoms with van der Waals surface area (Å²) >= 11 is 6.26. The third-order valence-electron chi connectivity index (χ3n) is 4.39. The number of hydrogen-bond acceptors (Lipinski definition) is 4. The van der Waals surface area contributed by atoms with Crippen molar-refractivity contribution in [3.05, 3.63) is 77.6 Å². The van der Waals surface area contributed by atoms with Crippen LogP contribution in [0.25, 0.3) is 28.2 Å². The first-order valence-electron chi connectivity index (χ1n) is 8.52. The molecule has 0 radical (unpaired) electrons. The van der Waals surface area contributed by atoms with Crippen molar-refractivity contribution in [1.82, 2.24) is 14.8 Å². The first-order valence-corrected chi connectivity index (χ1v) is 8.90. The molecule has 0 fully saturated rings. The molecule has 6 heteroatoms. The Morgan fingerprint density at radius 1 is 1.18 bits per heavy atom. The fraction of sp³-hybridized carbons (Fsp3) is 0.0455. The molecule has 0 atom stereocenters. The number of aromatic nitrogens is 3. The van der Waals surface area contributed by atoms with Crippen LogP contribution in [0.2, 0.25) is 5.02 Å². The largest absolute Gasteiger partial charge is 0.457 e. The third kappa shape index (κ3) is 3.22. The molecule has 28 heavy (non-hydrogen) atoms. The number of nitrogens with zero attached hydrogens (tertiary/aromatic N) is 4. The lowest BCUT2D eigenvalue weighted by atomic mass is 10.1. The summed E-state index contributed by atoms with van der Waals surface area (Å²) in [5, 5.41) is 14.9. The van der Waals surface area contributed by atoms with Crippen LogP contribution in [0.4, 0.5) is 0 Å². The van der Waals surface area contributed by atoms with Gasteiger partial charge < -0.3 is 4.74 Å². The van der Waals surface area contributed by atoms with E-state index in [-0.39, 0.29) is 0 Å². The van der Waals surface area contributed by atoms with Crippen LogP contribution in [0.15, 0.2) is 61.3 Å². The molecule has 0 aliphatic heterocycles. The van der Waals surface area contributed by atoms with E-state index in [9.17, 15) is 0 Å². The molecule has 0 amide bonds. The molecule has 5 nitrogen and oxygen atoms in total. The Bertz CT molecular complexity index is 1240. The van der Waals surface area contributed by atoms with Gasteiger partial charge in [0, 0.05) is 12.6 Å². The molecule has 2 aromatic heterocycles. The molecule has 0 N–H and O–H groups in total. The summed E-state index contributed by atoms with van der Waals surface area (Å²) in [7, 11) is 1.84. The highest BCUT2D eigenvalue weighted by atomic mass is 35.5. The molecule has 0 saturated carbocycles. The standard InChI is InChI=1S/C22H15ClN4O/c1-3-14-10-16(12-24)26-20(11-14)15-4-6-17(7-5-15)28-21-9-8-19(23)22-18(21)13-25-27(22)2/h3-11,13H,1H2,2H3. The van der Waals surface area contributed by atoms with Crippen molar-refractivity contribution < 1.29 is 4.74 Å². The Balaban J connectivity index is 1.66. The van der Waals surface area contributed by atoms with E-state index < -0.39 is 0 Å². The van der Waals surface area contributed by atoms with E-state index in [1.54, 1.807) is 29.1 Å². The molecule has 4 aromatic rings. The number of benzene rings is 2. The summed E-state index contributed by atoms with van der Waals surface area (Å²) in [4.78, 5) is 4.36. The minimum Gasteiger partial charge on any atom is -0.457 e. The second-order valence-corrected chi connectivity index (χ2v) is 6.60. The fourth-order valence-corrected chi connectivity index (χ4v) is 3.29. The quantitative estimate of drug-likeness (QED) is 0.458. The van der Waals surface area contributed by atoms with E-state index in [0.717, 1.165) is 22.0 Å². The van der Waals surface area contributed by atoms with E-state index in [2.05, 4.69) is 22.7 Å². The van der Waals surface area contributed by atoms with Gasteiger partial charge in [-0.1, -0.05) is 24.3 Å². The topological polar surface area (TPSA) is 63.7 Å². The molecule has 0 unspecified atom stereocenters. The first kappa shape index (κ1) is 17.8. The minimum absolute atomic E-state index is 0.355. The zero-order chi connectivity index (χ0) is 19.7. The molecule has 2 aromatic carbocycles. The molecular weight excluding hydrogens is 372 g/mol. The smallest absolute Gasteiger partial charge is 0.141 e. The molecule has 136 valence electrons. The van der Waals surface area contributed by atoms with Crippen molar-refractivity contribution in [3.8, 4) is 28.8 Å². The monoisotopic (exact) mass is 386 g/mol. The van der Waals surface area contributed by atoms with Gasteiger partial charge in [-0.05, 0) is 54.1 Å². The first-order chi connectivity index (χ1) is 13.6. The molecule has 0 saturated heterocycles. The number of aryl methyl sites for hydroxylation is 1. The molecule has 0 aliphatic carbocycles. The average molecular weight is 387 g/mol. The van der Waals surface area contributed by atoms with Crippen molar-refractivity contribution in [2.75, 3.05) is 0 Å². The van der Waals surface area contributed by atoms with E-state index in [1.165, 1.54) is 0 Å². The minimum atomic E-state index is 0.355. The highest BCUT2D eigenvalue weighted by molar-refractivity contribution is 6.35. The predicted molar refractivity (Wildman–Crippen MR) is 110 cm³/mol. The number of nitriles is 1. The lowest BCUT2D eigenvalue weighted by Crippen LogP contribution is -1.91. The van der Waals surface area contributed by atoms with Gasteiger partial charge in [0.25, 0.3) is 0 Å². The summed E-state index contributed by atoms with van der Waals surface area (Å²) in [5.41, 5.74) is 3.62.